The molecule has 27 heavy (non-hydrogen) atoms. The molecule has 8 heteroatoms. The maximum Gasteiger partial charge on any atom is 0.317 e. The van der Waals surface area contributed by atoms with Crippen LogP contribution in [0, 0.1) is 0 Å². The summed E-state index contributed by atoms with van der Waals surface area (Å²) in [6.07, 6.45) is 11.0. The van der Waals surface area contributed by atoms with Crippen molar-refractivity contribution in [3.63, 3.8) is 0 Å². The van der Waals surface area contributed by atoms with Crippen LogP contribution in [0.5, 0.6) is 0 Å². The Labute approximate surface area is 161 Å². The maximum atomic E-state index is 12.7. The van der Waals surface area contributed by atoms with Crippen LogP contribution in [0.4, 0.5) is 4.79 Å². The summed E-state index contributed by atoms with van der Waals surface area (Å²) >= 11 is 0. The summed E-state index contributed by atoms with van der Waals surface area (Å²) in [5.41, 5.74) is 1.32. The fourth-order valence-electron chi connectivity index (χ4n) is 4.76. The normalized spacial score (nSPS) is 24.8. The Balaban J connectivity index is 1.40. The lowest BCUT2D eigenvalue weighted by Crippen LogP contribution is -2.55. The number of fused-ring (bicyclic) bond motifs is 1. The molecule has 0 aromatic carbocycles. The van der Waals surface area contributed by atoms with Crippen molar-refractivity contribution in [2.24, 2.45) is 0 Å². The van der Waals surface area contributed by atoms with Gasteiger partial charge in [-0.2, -0.15) is 0 Å². The van der Waals surface area contributed by atoms with Gasteiger partial charge in [0.15, 0.2) is 9.84 Å². The smallest absolute Gasteiger partial charge is 0.317 e. The standard InChI is InChI=1S/C19H30N4O3S/c1-27(25,26)19(8-5-9-19)14-21-18(24)22-10-4-6-15(13-22)17-20-12-16-7-2-3-11-23(16)17/h12,15H,2-11,13-14H2,1H3,(H,21,24)/t15-/m1/s1. The zero-order valence-corrected chi connectivity index (χ0v) is 16.9. The third kappa shape index (κ3) is 3.48. The second-order valence-electron chi connectivity index (χ2n) is 8.47. The van der Waals surface area contributed by atoms with E-state index in [1.807, 2.05) is 11.1 Å². The molecule has 3 aliphatic rings. The summed E-state index contributed by atoms with van der Waals surface area (Å²) in [6, 6.07) is -0.139. The van der Waals surface area contributed by atoms with Crippen molar-refractivity contribution < 1.29 is 13.2 Å². The van der Waals surface area contributed by atoms with Crippen molar-refractivity contribution in [2.45, 2.75) is 68.6 Å². The van der Waals surface area contributed by atoms with Gasteiger partial charge in [-0.1, -0.05) is 6.42 Å². The lowest BCUT2D eigenvalue weighted by atomic mass is 9.84. The predicted molar refractivity (Wildman–Crippen MR) is 104 cm³/mol. The van der Waals surface area contributed by atoms with Crippen molar-refractivity contribution in [1.29, 1.82) is 0 Å². The van der Waals surface area contributed by atoms with Crippen LogP contribution in [0.1, 0.15) is 62.4 Å². The molecular formula is C19H30N4O3S. The number of rotatable bonds is 4. The fourth-order valence-corrected chi connectivity index (χ4v) is 6.12. The Morgan fingerprint density at radius 3 is 2.78 bits per heavy atom. The summed E-state index contributed by atoms with van der Waals surface area (Å²) in [4.78, 5) is 19.2. The number of sulfone groups is 1. The summed E-state index contributed by atoms with van der Waals surface area (Å²) in [5.74, 6) is 1.39. The molecule has 1 saturated heterocycles. The van der Waals surface area contributed by atoms with E-state index in [4.69, 9.17) is 0 Å². The fraction of sp³-hybridized carbons (Fsp3) is 0.789. The van der Waals surface area contributed by atoms with Gasteiger partial charge in [-0.25, -0.2) is 18.2 Å². The zero-order chi connectivity index (χ0) is 19.1. The number of likely N-dealkylation sites (tertiary alicyclic amines) is 1. The van der Waals surface area contributed by atoms with Gasteiger partial charge < -0.3 is 14.8 Å². The van der Waals surface area contributed by atoms with Crippen LogP contribution in [-0.4, -0.2) is 59.5 Å². The molecule has 1 aliphatic carbocycles. The van der Waals surface area contributed by atoms with E-state index < -0.39 is 14.6 Å². The van der Waals surface area contributed by atoms with E-state index in [-0.39, 0.29) is 18.5 Å². The molecule has 0 radical (unpaired) electrons. The highest BCUT2D eigenvalue weighted by atomic mass is 32.2. The van der Waals surface area contributed by atoms with Gasteiger partial charge in [0.1, 0.15) is 5.82 Å². The molecule has 4 rings (SSSR count). The topological polar surface area (TPSA) is 84.3 Å². The summed E-state index contributed by atoms with van der Waals surface area (Å²) in [7, 11) is -3.16. The minimum atomic E-state index is -3.16. The number of carbonyl (C=O) groups excluding carboxylic acids is 1. The van der Waals surface area contributed by atoms with Gasteiger partial charge in [-0.3, -0.25) is 0 Å². The Morgan fingerprint density at radius 1 is 1.26 bits per heavy atom. The average Bonchev–Trinajstić information content (AvgIpc) is 3.03. The number of aromatic nitrogens is 2. The Bertz CT molecular complexity index is 813. The first-order valence-electron chi connectivity index (χ1n) is 10.2. The number of amides is 2. The van der Waals surface area contributed by atoms with Crippen LogP contribution in [0.2, 0.25) is 0 Å². The molecule has 0 unspecified atom stereocenters. The summed E-state index contributed by atoms with van der Waals surface area (Å²) in [5, 5.41) is 2.91. The van der Waals surface area contributed by atoms with Gasteiger partial charge in [0.25, 0.3) is 0 Å². The zero-order valence-electron chi connectivity index (χ0n) is 16.1. The first-order chi connectivity index (χ1) is 12.9. The number of piperidine rings is 1. The van der Waals surface area contributed by atoms with Crippen molar-refractivity contribution in [1.82, 2.24) is 19.8 Å². The van der Waals surface area contributed by atoms with E-state index in [1.165, 1.54) is 24.8 Å². The van der Waals surface area contributed by atoms with E-state index in [0.717, 1.165) is 44.6 Å². The predicted octanol–water partition coefficient (Wildman–Crippen LogP) is 2.08. The van der Waals surface area contributed by atoms with Crippen molar-refractivity contribution in [3.05, 3.63) is 17.7 Å². The highest BCUT2D eigenvalue weighted by Gasteiger charge is 2.46. The molecule has 2 fully saturated rings. The second kappa shape index (κ2) is 7.11. The van der Waals surface area contributed by atoms with Crippen LogP contribution in [0.25, 0.3) is 0 Å². The Morgan fingerprint density at radius 2 is 2.07 bits per heavy atom. The highest BCUT2D eigenvalue weighted by molar-refractivity contribution is 7.92. The molecule has 1 saturated carbocycles. The number of nitrogens with one attached hydrogen (secondary N) is 1. The number of aryl methyl sites for hydroxylation is 1. The average molecular weight is 395 g/mol. The second-order valence-corrected chi connectivity index (χ2v) is 10.9. The van der Waals surface area contributed by atoms with Crippen LogP contribution in [0.3, 0.4) is 0 Å². The lowest BCUT2D eigenvalue weighted by molar-refractivity contribution is 0.174. The number of carbonyl (C=O) groups is 1. The SMILES string of the molecule is CS(=O)(=O)C1(CNC(=O)N2CCC[C@@H](c3ncc4n3CCCC4)C2)CCC1. The van der Waals surface area contributed by atoms with Gasteiger partial charge in [0.05, 0.1) is 4.75 Å². The van der Waals surface area contributed by atoms with Gasteiger partial charge in [-0.05, 0) is 44.9 Å². The van der Waals surface area contributed by atoms with Crippen LogP contribution in [0.15, 0.2) is 6.20 Å². The van der Waals surface area contributed by atoms with Crippen LogP contribution < -0.4 is 5.32 Å². The molecule has 150 valence electrons. The largest absolute Gasteiger partial charge is 0.336 e. The third-order valence-corrected chi connectivity index (χ3v) is 8.85. The molecule has 2 amide bonds. The number of urea groups is 1. The van der Waals surface area contributed by atoms with Gasteiger partial charge in [0, 0.05) is 50.2 Å². The minimum absolute atomic E-state index is 0.139. The van der Waals surface area contributed by atoms with Gasteiger partial charge in [0.2, 0.25) is 0 Å². The molecule has 3 heterocycles. The number of hydrogen-bond donors (Lipinski definition) is 1. The van der Waals surface area contributed by atoms with E-state index in [9.17, 15) is 13.2 Å². The maximum absolute atomic E-state index is 12.7. The van der Waals surface area contributed by atoms with E-state index in [0.29, 0.717) is 19.4 Å². The van der Waals surface area contributed by atoms with Crippen LogP contribution in [-0.2, 0) is 22.8 Å². The number of nitrogens with zero attached hydrogens (tertiary/aromatic N) is 3. The molecule has 0 bridgehead atoms. The quantitative estimate of drug-likeness (QED) is 0.847. The number of hydrogen-bond acceptors (Lipinski definition) is 4. The molecule has 1 aromatic heterocycles. The first-order valence-corrected chi connectivity index (χ1v) is 12.1. The van der Waals surface area contributed by atoms with Crippen LogP contribution >= 0.6 is 0 Å². The van der Waals surface area contributed by atoms with Crippen molar-refractivity contribution in [2.75, 3.05) is 25.9 Å². The third-order valence-electron chi connectivity index (χ3n) is 6.72. The molecule has 1 aromatic rings. The molecule has 1 N–H and O–H groups in total. The van der Waals surface area contributed by atoms with Gasteiger partial charge >= 0.3 is 6.03 Å². The molecule has 7 nitrogen and oxygen atoms in total. The van der Waals surface area contributed by atoms with E-state index >= 15 is 0 Å². The van der Waals surface area contributed by atoms with Gasteiger partial charge in [-0.15, -0.1) is 0 Å². The molecule has 0 spiro atoms. The number of imidazole rings is 1. The Hall–Kier alpha value is -1.57. The van der Waals surface area contributed by atoms with E-state index in [2.05, 4.69) is 14.9 Å². The summed E-state index contributed by atoms with van der Waals surface area (Å²) < 4.78 is 25.8. The molecule has 1 atom stereocenters. The van der Waals surface area contributed by atoms with E-state index in [1.54, 1.807) is 0 Å². The Kier molecular flexibility index (Phi) is 4.94. The monoisotopic (exact) mass is 394 g/mol. The molecule has 2 aliphatic heterocycles. The summed E-state index contributed by atoms with van der Waals surface area (Å²) in [6.45, 7) is 2.64. The minimum Gasteiger partial charge on any atom is -0.336 e. The van der Waals surface area contributed by atoms with Crippen molar-refractivity contribution in [3.8, 4) is 0 Å². The van der Waals surface area contributed by atoms with Crippen molar-refractivity contribution >= 4 is 15.9 Å². The first kappa shape index (κ1) is 18.8. The lowest BCUT2D eigenvalue weighted by Gasteiger charge is -2.41. The highest BCUT2D eigenvalue weighted by Crippen LogP contribution is 2.38. The molecular weight excluding hydrogens is 364 g/mol.